The molecule has 2 aromatic heterocycles. The zero-order valence-corrected chi connectivity index (χ0v) is 23.9. The molecule has 10 heteroatoms. The van der Waals surface area contributed by atoms with Crippen LogP contribution in [0.4, 0.5) is 14.5 Å². The smallest absolute Gasteiger partial charge is 0.216 e. The number of phenolic OH excluding ortho intramolecular Hbond substituents is 1. The molecule has 4 aliphatic rings. The molecule has 218 valence electrons. The molecule has 0 radical (unpaired) electrons. The summed E-state index contributed by atoms with van der Waals surface area (Å²) in [5.74, 6) is -1.00. The van der Waals surface area contributed by atoms with Gasteiger partial charge in [0.25, 0.3) is 0 Å². The number of phenols is 1. The van der Waals surface area contributed by atoms with Crippen LogP contribution in [0.2, 0.25) is 5.02 Å². The van der Waals surface area contributed by atoms with Crippen LogP contribution in [-0.4, -0.2) is 70.4 Å². The van der Waals surface area contributed by atoms with Crippen molar-refractivity contribution in [3.63, 3.8) is 0 Å². The molecule has 2 aromatic carbocycles. The van der Waals surface area contributed by atoms with Crippen LogP contribution in [0.5, 0.6) is 11.6 Å². The third kappa shape index (κ3) is 4.19. The van der Waals surface area contributed by atoms with E-state index in [2.05, 4.69) is 20.1 Å². The molecule has 4 aromatic rings. The van der Waals surface area contributed by atoms with Crippen LogP contribution in [0.25, 0.3) is 32.9 Å². The Morgan fingerprint density at radius 2 is 1.83 bits per heavy atom. The number of hydrogen-bond donors (Lipinski definition) is 2. The van der Waals surface area contributed by atoms with Gasteiger partial charge in [-0.3, -0.25) is 9.88 Å². The highest BCUT2D eigenvalue weighted by molar-refractivity contribution is 6.37. The van der Waals surface area contributed by atoms with Crippen molar-refractivity contribution in [2.24, 2.45) is 0 Å². The van der Waals surface area contributed by atoms with E-state index in [0.29, 0.717) is 35.3 Å². The zero-order valence-electron chi connectivity index (χ0n) is 23.2. The molecular formula is C32H32ClF2N5O2. The van der Waals surface area contributed by atoms with E-state index < -0.39 is 11.6 Å². The van der Waals surface area contributed by atoms with Crippen LogP contribution in [0.15, 0.2) is 36.5 Å². The van der Waals surface area contributed by atoms with Gasteiger partial charge < -0.3 is 20.1 Å². The van der Waals surface area contributed by atoms with Crippen LogP contribution < -0.4 is 15.0 Å². The van der Waals surface area contributed by atoms with Crippen molar-refractivity contribution in [3.8, 4) is 22.9 Å². The Labute approximate surface area is 247 Å². The summed E-state index contributed by atoms with van der Waals surface area (Å²) in [6, 6.07) is 8.28. The number of aromatic hydroxyl groups is 1. The lowest BCUT2D eigenvalue weighted by molar-refractivity contribution is 0.111. The monoisotopic (exact) mass is 591 g/mol. The molecule has 4 aliphatic heterocycles. The van der Waals surface area contributed by atoms with Gasteiger partial charge in [0, 0.05) is 53.8 Å². The van der Waals surface area contributed by atoms with Crippen LogP contribution in [0.1, 0.15) is 38.5 Å². The van der Waals surface area contributed by atoms with Gasteiger partial charge in [0.2, 0.25) is 5.88 Å². The molecule has 2 atom stereocenters. The summed E-state index contributed by atoms with van der Waals surface area (Å²) in [4.78, 5) is 14.1. The molecule has 2 unspecified atom stereocenters. The number of pyridine rings is 2. The summed E-state index contributed by atoms with van der Waals surface area (Å²) < 4.78 is 37.6. The molecule has 0 saturated carbocycles. The van der Waals surface area contributed by atoms with Gasteiger partial charge in [-0.1, -0.05) is 17.7 Å². The number of anilines is 1. The maximum absolute atomic E-state index is 16.7. The summed E-state index contributed by atoms with van der Waals surface area (Å²) in [5, 5.41) is 15.3. The Balaban J connectivity index is 1.27. The molecule has 6 heterocycles. The van der Waals surface area contributed by atoms with Crippen molar-refractivity contribution < 1.29 is 18.6 Å². The first-order valence-corrected chi connectivity index (χ1v) is 15.3. The van der Waals surface area contributed by atoms with Crippen LogP contribution in [-0.2, 0) is 0 Å². The number of piperazine rings is 1. The number of hydrogen-bond acceptors (Lipinski definition) is 7. The summed E-state index contributed by atoms with van der Waals surface area (Å²) in [7, 11) is 0. The fourth-order valence-corrected chi connectivity index (χ4v) is 8.14. The number of fused-ring (bicyclic) bond motifs is 5. The lowest BCUT2D eigenvalue weighted by Crippen LogP contribution is -2.51. The van der Waals surface area contributed by atoms with Crippen LogP contribution in [0.3, 0.4) is 0 Å². The van der Waals surface area contributed by atoms with Crippen LogP contribution >= 0.6 is 11.6 Å². The van der Waals surface area contributed by atoms with E-state index in [-0.39, 0.29) is 38.5 Å². The second-order valence-corrected chi connectivity index (χ2v) is 12.7. The lowest BCUT2D eigenvalue weighted by Gasteiger charge is -2.35. The molecule has 0 amide bonds. The fourth-order valence-electron chi connectivity index (χ4n) is 7.86. The van der Waals surface area contributed by atoms with Gasteiger partial charge in [-0.2, -0.15) is 0 Å². The number of ether oxygens (including phenoxy) is 1. The summed E-state index contributed by atoms with van der Waals surface area (Å²) >= 11 is 6.38. The van der Waals surface area contributed by atoms with E-state index in [1.807, 2.05) is 6.07 Å². The number of nitrogens with one attached hydrogen (secondary N) is 1. The lowest BCUT2D eigenvalue weighted by atomic mass is 9.95. The number of halogens is 3. The molecule has 0 spiro atoms. The second-order valence-electron chi connectivity index (χ2n) is 12.4. The Hall–Kier alpha value is -3.27. The minimum absolute atomic E-state index is 0.0220. The highest BCUT2D eigenvalue weighted by Crippen LogP contribution is 2.42. The van der Waals surface area contributed by atoms with E-state index >= 15 is 4.39 Å². The minimum atomic E-state index is -0.661. The second kappa shape index (κ2) is 9.89. The van der Waals surface area contributed by atoms with Crippen molar-refractivity contribution in [3.05, 3.63) is 53.2 Å². The van der Waals surface area contributed by atoms with Crippen molar-refractivity contribution in [2.45, 2.75) is 56.1 Å². The normalized spacial score (nSPS) is 23.3. The number of rotatable bonds is 5. The van der Waals surface area contributed by atoms with Crippen molar-refractivity contribution in [2.75, 3.05) is 37.7 Å². The fraction of sp³-hybridized carbons (Fsp3) is 0.438. The molecule has 4 fully saturated rings. The van der Waals surface area contributed by atoms with Gasteiger partial charge in [0.1, 0.15) is 29.4 Å². The molecule has 2 N–H and O–H groups in total. The number of aromatic nitrogens is 2. The first-order chi connectivity index (χ1) is 20.4. The zero-order chi connectivity index (χ0) is 28.6. The summed E-state index contributed by atoms with van der Waals surface area (Å²) in [6.45, 7) is 4.32. The molecule has 8 rings (SSSR count). The highest BCUT2D eigenvalue weighted by atomic mass is 35.5. The van der Waals surface area contributed by atoms with Gasteiger partial charge in [0.05, 0.1) is 16.2 Å². The maximum atomic E-state index is 16.7. The summed E-state index contributed by atoms with van der Waals surface area (Å²) in [6.07, 6.45) is 8.37. The van der Waals surface area contributed by atoms with Crippen molar-refractivity contribution in [1.82, 2.24) is 20.2 Å². The van der Waals surface area contributed by atoms with E-state index in [1.165, 1.54) is 24.3 Å². The van der Waals surface area contributed by atoms with E-state index in [4.69, 9.17) is 21.3 Å². The Kier molecular flexibility index (Phi) is 6.21. The third-order valence-electron chi connectivity index (χ3n) is 9.86. The first-order valence-electron chi connectivity index (χ1n) is 14.9. The highest BCUT2D eigenvalue weighted by Gasteiger charge is 2.45. The third-order valence-corrected chi connectivity index (χ3v) is 10.2. The van der Waals surface area contributed by atoms with Gasteiger partial charge in [-0.05, 0) is 75.2 Å². The minimum Gasteiger partial charge on any atom is -0.508 e. The average Bonchev–Trinajstić information content (AvgIpc) is 3.67. The molecule has 7 nitrogen and oxygen atoms in total. The number of nitrogens with zero attached hydrogens (tertiary/aromatic N) is 4. The Morgan fingerprint density at radius 3 is 2.60 bits per heavy atom. The molecule has 2 bridgehead atoms. The van der Waals surface area contributed by atoms with Gasteiger partial charge >= 0.3 is 0 Å². The standard InChI is InChI=1S/C32H32ClF2N5O2/c33-28-24(34)6-3-18-11-21(41)12-22(27(18)28)30-29(35)31-23(14-36-30)25(39-15-19-4-5-20(16-39)37-19)13-26(38-31)42-17-32-7-1-9-40(32)10-2-8-32/h3,6,11-14,19-20,37,41H,1-2,4-5,7-10,15-17H2. The molecule has 42 heavy (non-hydrogen) atoms. The number of benzene rings is 2. The van der Waals surface area contributed by atoms with Gasteiger partial charge in [-0.15, -0.1) is 0 Å². The Morgan fingerprint density at radius 1 is 1.07 bits per heavy atom. The topological polar surface area (TPSA) is 73.8 Å². The molecular weight excluding hydrogens is 560 g/mol. The predicted octanol–water partition coefficient (Wildman–Crippen LogP) is 6.04. The first kappa shape index (κ1) is 26.4. The van der Waals surface area contributed by atoms with Gasteiger partial charge in [0.15, 0.2) is 5.82 Å². The quantitative estimate of drug-likeness (QED) is 0.293. The van der Waals surface area contributed by atoms with Crippen molar-refractivity contribution >= 4 is 39.0 Å². The summed E-state index contributed by atoms with van der Waals surface area (Å²) in [5.41, 5.74) is 1.16. The largest absolute Gasteiger partial charge is 0.508 e. The van der Waals surface area contributed by atoms with E-state index in [1.54, 1.807) is 6.20 Å². The maximum Gasteiger partial charge on any atom is 0.216 e. The Bertz CT molecular complexity index is 1710. The average molecular weight is 592 g/mol. The predicted molar refractivity (Wildman–Crippen MR) is 159 cm³/mol. The SMILES string of the molecule is Oc1cc(-c2ncc3c(N4CC5CCC(C4)N5)cc(OCC45CCCN4CCC5)nc3c2F)c2c(Cl)c(F)ccc2c1. The van der Waals surface area contributed by atoms with E-state index in [9.17, 15) is 9.50 Å². The molecule has 4 saturated heterocycles. The molecule has 0 aliphatic carbocycles. The van der Waals surface area contributed by atoms with E-state index in [0.717, 1.165) is 70.4 Å². The van der Waals surface area contributed by atoms with Crippen molar-refractivity contribution in [1.29, 1.82) is 0 Å². The van der Waals surface area contributed by atoms with Crippen LogP contribution in [0, 0.1) is 11.6 Å². The van der Waals surface area contributed by atoms with Gasteiger partial charge in [-0.25, -0.2) is 13.8 Å².